The monoisotopic (exact) mass is 294 g/mol. The molecule has 0 aromatic carbocycles. The summed E-state index contributed by atoms with van der Waals surface area (Å²) in [6.07, 6.45) is 1.56. The lowest BCUT2D eigenvalue weighted by atomic mass is 10.2. The smallest absolute Gasteiger partial charge is 0.360 e. The summed E-state index contributed by atoms with van der Waals surface area (Å²) in [6, 6.07) is 4.19. The van der Waals surface area contributed by atoms with Crippen LogP contribution in [0.2, 0.25) is 0 Å². The van der Waals surface area contributed by atoms with Crippen LogP contribution in [0.3, 0.4) is 0 Å². The number of nitrogens with zero attached hydrogens (tertiary/aromatic N) is 3. The molecule has 0 aliphatic rings. The first kappa shape index (κ1) is 14.7. The average molecular weight is 294 g/mol. The number of esters is 1. The highest BCUT2D eigenvalue weighted by Gasteiger charge is 2.20. The molecule has 0 aliphatic carbocycles. The first-order valence-corrected chi connectivity index (χ1v) is 7.29. The topological polar surface area (TPSA) is 83.0 Å². The number of hydrogen-bond acceptors (Lipinski definition) is 6. The molecule has 0 amide bonds. The van der Waals surface area contributed by atoms with E-state index in [-0.39, 0.29) is 5.69 Å². The van der Waals surface area contributed by atoms with Crippen LogP contribution in [-0.4, -0.2) is 34.6 Å². The van der Waals surface area contributed by atoms with Crippen LogP contribution < -0.4 is 5.73 Å². The lowest BCUT2D eigenvalue weighted by molar-refractivity contribution is 0.0592. The number of rotatable bonds is 6. The summed E-state index contributed by atoms with van der Waals surface area (Å²) in [6.45, 7) is 3.16. The van der Waals surface area contributed by atoms with Crippen molar-refractivity contribution in [2.24, 2.45) is 5.73 Å². The van der Waals surface area contributed by atoms with Crippen LogP contribution in [0.25, 0.3) is 0 Å². The summed E-state index contributed by atoms with van der Waals surface area (Å²) in [5.41, 5.74) is 6.58. The normalized spacial score (nSPS) is 10.8. The van der Waals surface area contributed by atoms with E-state index in [4.69, 9.17) is 10.5 Å². The van der Waals surface area contributed by atoms with E-state index in [1.54, 1.807) is 16.0 Å². The zero-order chi connectivity index (χ0) is 14.5. The second-order valence-corrected chi connectivity index (χ2v) is 5.55. The number of aryl methyl sites for hydroxylation is 1. The first-order valence-electron chi connectivity index (χ1n) is 6.47. The first-order chi connectivity index (χ1) is 9.69. The molecule has 108 valence electrons. The summed E-state index contributed by atoms with van der Waals surface area (Å²) in [4.78, 5) is 14.2. The molecule has 0 atom stereocenters. The van der Waals surface area contributed by atoms with E-state index in [0.717, 1.165) is 12.1 Å². The van der Waals surface area contributed by atoms with E-state index in [1.807, 2.05) is 0 Å². The van der Waals surface area contributed by atoms with Gasteiger partial charge in [-0.05, 0) is 25.1 Å². The lowest BCUT2D eigenvalue weighted by Gasteiger charge is -2.05. The third kappa shape index (κ3) is 3.05. The van der Waals surface area contributed by atoms with E-state index >= 15 is 0 Å². The number of methoxy groups -OCH3 is 1. The molecule has 6 nitrogen and oxygen atoms in total. The maximum atomic E-state index is 11.6. The number of thiophene rings is 1. The molecule has 0 saturated heterocycles. The highest BCUT2D eigenvalue weighted by atomic mass is 32.1. The van der Waals surface area contributed by atoms with Crippen LogP contribution in [0.15, 0.2) is 12.1 Å². The van der Waals surface area contributed by atoms with E-state index in [1.165, 1.54) is 16.9 Å². The van der Waals surface area contributed by atoms with E-state index in [0.29, 0.717) is 19.5 Å². The Morgan fingerprint density at radius 1 is 1.45 bits per heavy atom. The van der Waals surface area contributed by atoms with Crippen LogP contribution >= 0.6 is 11.3 Å². The van der Waals surface area contributed by atoms with Crippen LogP contribution in [-0.2, 0) is 24.1 Å². The maximum Gasteiger partial charge on any atom is 0.360 e. The van der Waals surface area contributed by atoms with E-state index < -0.39 is 5.97 Å². The molecule has 0 saturated carbocycles. The molecule has 7 heteroatoms. The minimum atomic E-state index is -0.472. The van der Waals surface area contributed by atoms with Gasteiger partial charge in [0.05, 0.1) is 19.3 Å². The number of carbonyl (C=O) groups is 1. The number of nitrogens with two attached hydrogens (primary N) is 1. The third-order valence-electron chi connectivity index (χ3n) is 2.97. The zero-order valence-corrected chi connectivity index (χ0v) is 12.4. The fourth-order valence-corrected chi connectivity index (χ4v) is 2.88. The van der Waals surface area contributed by atoms with Crippen LogP contribution in [0.1, 0.15) is 32.9 Å². The van der Waals surface area contributed by atoms with Crippen molar-refractivity contribution in [3.05, 3.63) is 33.3 Å². The molecule has 2 aromatic heterocycles. The fourth-order valence-electron chi connectivity index (χ4n) is 1.94. The van der Waals surface area contributed by atoms with Gasteiger partial charge in [0.1, 0.15) is 0 Å². The lowest BCUT2D eigenvalue weighted by Crippen LogP contribution is -2.14. The maximum absolute atomic E-state index is 11.6. The minimum Gasteiger partial charge on any atom is -0.464 e. The van der Waals surface area contributed by atoms with Gasteiger partial charge in [0.2, 0.25) is 0 Å². The quantitative estimate of drug-likeness (QED) is 0.810. The van der Waals surface area contributed by atoms with Crippen molar-refractivity contribution in [3.63, 3.8) is 0 Å². The molecule has 0 fully saturated rings. The predicted octanol–water partition coefficient (Wildman–Crippen LogP) is 1.24. The largest absolute Gasteiger partial charge is 0.464 e. The van der Waals surface area contributed by atoms with E-state index in [2.05, 4.69) is 29.4 Å². The molecular formula is C13H18N4O2S. The zero-order valence-electron chi connectivity index (χ0n) is 11.6. The highest BCUT2D eigenvalue weighted by molar-refractivity contribution is 7.11. The Hall–Kier alpha value is -1.73. The summed E-state index contributed by atoms with van der Waals surface area (Å²) >= 11 is 1.74. The highest BCUT2D eigenvalue weighted by Crippen LogP contribution is 2.19. The van der Waals surface area contributed by atoms with Crippen molar-refractivity contribution in [3.8, 4) is 0 Å². The summed E-state index contributed by atoms with van der Waals surface area (Å²) in [5, 5.41) is 7.97. The standard InChI is InChI=1S/C13H18N4O2S/c1-3-9-4-5-10(20-9)8-17-11(6-7-14)12(15-16-17)13(18)19-2/h4-5H,3,6-8,14H2,1-2H3. The van der Waals surface area contributed by atoms with Gasteiger partial charge in [-0.15, -0.1) is 16.4 Å². The van der Waals surface area contributed by atoms with Crippen LogP contribution in [0, 0.1) is 0 Å². The second-order valence-electron chi connectivity index (χ2n) is 4.29. The van der Waals surface area contributed by atoms with Gasteiger partial charge in [0.15, 0.2) is 5.69 Å². The molecule has 20 heavy (non-hydrogen) atoms. The Labute approximate surface area is 121 Å². The number of hydrogen-bond donors (Lipinski definition) is 1. The summed E-state index contributed by atoms with van der Waals surface area (Å²) in [5.74, 6) is -0.472. The molecule has 2 N–H and O–H groups in total. The van der Waals surface area contributed by atoms with Crippen LogP contribution in [0.5, 0.6) is 0 Å². The van der Waals surface area contributed by atoms with Gasteiger partial charge in [0.25, 0.3) is 0 Å². The van der Waals surface area contributed by atoms with Crippen molar-refractivity contribution < 1.29 is 9.53 Å². The van der Waals surface area contributed by atoms with Gasteiger partial charge >= 0.3 is 5.97 Å². The van der Waals surface area contributed by atoms with Gasteiger partial charge in [-0.25, -0.2) is 9.48 Å². The predicted molar refractivity (Wildman–Crippen MR) is 76.9 cm³/mol. The van der Waals surface area contributed by atoms with Crippen molar-refractivity contribution >= 4 is 17.3 Å². The summed E-state index contributed by atoms with van der Waals surface area (Å²) in [7, 11) is 1.33. The Balaban J connectivity index is 2.26. The Kier molecular flexibility index (Phi) is 4.86. The Bertz CT molecular complexity index is 591. The van der Waals surface area contributed by atoms with Crippen molar-refractivity contribution in [1.29, 1.82) is 0 Å². The molecule has 0 radical (unpaired) electrons. The molecular weight excluding hydrogens is 276 g/mol. The van der Waals surface area contributed by atoms with Gasteiger partial charge < -0.3 is 10.5 Å². The number of ether oxygens (including phenoxy) is 1. The van der Waals surface area contributed by atoms with E-state index in [9.17, 15) is 4.79 Å². The van der Waals surface area contributed by atoms with Crippen molar-refractivity contribution in [2.45, 2.75) is 26.3 Å². The Morgan fingerprint density at radius 2 is 2.20 bits per heavy atom. The van der Waals surface area contributed by atoms with Crippen LogP contribution in [0.4, 0.5) is 0 Å². The van der Waals surface area contributed by atoms with Gasteiger partial charge in [-0.1, -0.05) is 12.1 Å². The molecule has 0 unspecified atom stereocenters. The van der Waals surface area contributed by atoms with Crippen molar-refractivity contribution in [1.82, 2.24) is 15.0 Å². The second kappa shape index (κ2) is 6.62. The molecule has 0 aliphatic heterocycles. The molecule has 2 rings (SSSR count). The number of aromatic nitrogens is 3. The molecule has 2 heterocycles. The fraction of sp³-hybridized carbons (Fsp3) is 0.462. The van der Waals surface area contributed by atoms with Gasteiger partial charge in [-0.3, -0.25) is 0 Å². The van der Waals surface area contributed by atoms with Gasteiger partial charge in [0, 0.05) is 16.2 Å². The summed E-state index contributed by atoms with van der Waals surface area (Å²) < 4.78 is 6.44. The molecule has 2 aromatic rings. The average Bonchev–Trinajstić information content (AvgIpc) is 3.07. The third-order valence-corrected chi connectivity index (χ3v) is 4.18. The van der Waals surface area contributed by atoms with Crippen molar-refractivity contribution in [2.75, 3.05) is 13.7 Å². The minimum absolute atomic E-state index is 0.255. The molecule has 0 spiro atoms. The van der Waals surface area contributed by atoms with Gasteiger partial charge in [-0.2, -0.15) is 0 Å². The molecule has 0 bridgehead atoms. The Morgan fingerprint density at radius 3 is 2.80 bits per heavy atom. The SMILES string of the molecule is CCc1ccc(Cn2nnc(C(=O)OC)c2CCN)s1. The number of carbonyl (C=O) groups excluding carboxylic acids is 1.